The number of H-pyrrole nitrogens is 1. The summed E-state index contributed by atoms with van der Waals surface area (Å²) >= 11 is 10.1. The molecular formula is C15H20ClN3S2. The van der Waals surface area contributed by atoms with E-state index in [-0.39, 0.29) is 0 Å². The Hall–Kier alpha value is -0.360. The van der Waals surface area contributed by atoms with E-state index in [0.717, 1.165) is 41.3 Å². The van der Waals surface area contributed by atoms with Crippen LogP contribution in [0.3, 0.4) is 0 Å². The van der Waals surface area contributed by atoms with Crippen LogP contribution in [0.1, 0.15) is 12.2 Å². The number of nitrogens with zero attached hydrogens (tertiary/aromatic N) is 1. The monoisotopic (exact) mass is 341 g/mol. The first-order valence-corrected chi connectivity index (χ1v) is 10.0. The normalized spacial score (nSPS) is 17.2. The fraction of sp³-hybridized carbons (Fsp3) is 0.533. The zero-order chi connectivity index (χ0) is 14.5. The number of benzene rings is 1. The average Bonchev–Trinajstić information content (AvgIpc) is 2.69. The highest BCUT2D eigenvalue weighted by Crippen LogP contribution is 2.18. The van der Waals surface area contributed by atoms with Gasteiger partial charge in [0.2, 0.25) is 0 Å². The Labute approximate surface area is 139 Å². The van der Waals surface area contributed by atoms with Crippen molar-refractivity contribution in [2.75, 3.05) is 29.6 Å². The highest BCUT2D eigenvalue weighted by Gasteiger charge is 2.11. The van der Waals surface area contributed by atoms with Gasteiger partial charge in [-0.15, -0.1) is 0 Å². The van der Waals surface area contributed by atoms with Gasteiger partial charge >= 0.3 is 0 Å². The minimum Gasteiger partial charge on any atom is -0.342 e. The zero-order valence-corrected chi connectivity index (χ0v) is 14.3. The molecule has 1 aromatic carbocycles. The fourth-order valence-electron chi connectivity index (χ4n) is 2.45. The standard InChI is InChI=1S/C15H20ClN3S2/c16-11-3-4-13-14(8-11)19-15(18-13)2-1-5-17-12-9-20-6-7-21-10-12/h3-4,8,12,17H,1-2,5-7,9-10H2,(H,18,19). The Morgan fingerprint density at radius 2 is 2.10 bits per heavy atom. The second-order valence-corrected chi connectivity index (χ2v) is 7.99. The van der Waals surface area contributed by atoms with Gasteiger partial charge in [0.15, 0.2) is 0 Å². The van der Waals surface area contributed by atoms with E-state index in [1.807, 2.05) is 18.2 Å². The van der Waals surface area contributed by atoms with Gasteiger partial charge in [0, 0.05) is 40.5 Å². The van der Waals surface area contributed by atoms with Crippen LogP contribution in [0.2, 0.25) is 5.02 Å². The highest BCUT2D eigenvalue weighted by atomic mass is 35.5. The Morgan fingerprint density at radius 1 is 1.29 bits per heavy atom. The Bertz CT molecular complexity index is 579. The molecule has 114 valence electrons. The van der Waals surface area contributed by atoms with E-state index >= 15 is 0 Å². The fourth-order valence-corrected chi connectivity index (χ4v) is 5.09. The summed E-state index contributed by atoms with van der Waals surface area (Å²) in [5.74, 6) is 6.14. The smallest absolute Gasteiger partial charge is 0.107 e. The van der Waals surface area contributed by atoms with Gasteiger partial charge in [-0.2, -0.15) is 23.5 Å². The number of halogens is 1. The number of aromatic nitrogens is 2. The summed E-state index contributed by atoms with van der Waals surface area (Å²) in [6.45, 7) is 1.06. The third-order valence-corrected chi connectivity index (χ3v) is 6.28. The zero-order valence-electron chi connectivity index (χ0n) is 11.9. The summed E-state index contributed by atoms with van der Waals surface area (Å²) in [5, 5.41) is 4.42. The summed E-state index contributed by atoms with van der Waals surface area (Å²) in [5.41, 5.74) is 2.03. The molecule has 0 bridgehead atoms. The molecule has 0 unspecified atom stereocenters. The molecule has 1 aliphatic heterocycles. The molecule has 3 nitrogen and oxygen atoms in total. The number of hydrogen-bond donors (Lipinski definition) is 2. The maximum atomic E-state index is 5.99. The molecule has 0 spiro atoms. The highest BCUT2D eigenvalue weighted by molar-refractivity contribution is 8.03. The van der Waals surface area contributed by atoms with Crippen LogP contribution in [0.25, 0.3) is 11.0 Å². The SMILES string of the molecule is Clc1ccc2nc(CCCNC3CSCCSC3)[nH]c2c1. The molecule has 1 aromatic heterocycles. The second kappa shape index (κ2) is 7.77. The Balaban J connectivity index is 1.45. The van der Waals surface area contributed by atoms with Crippen LogP contribution in [0, 0.1) is 0 Å². The van der Waals surface area contributed by atoms with Gasteiger partial charge in [-0.25, -0.2) is 4.98 Å². The number of fused-ring (bicyclic) bond motifs is 1. The van der Waals surface area contributed by atoms with Crippen molar-refractivity contribution in [1.82, 2.24) is 15.3 Å². The molecule has 21 heavy (non-hydrogen) atoms. The van der Waals surface area contributed by atoms with Crippen LogP contribution < -0.4 is 5.32 Å². The number of rotatable bonds is 5. The number of thioether (sulfide) groups is 2. The van der Waals surface area contributed by atoms with E-state index in [1.165, 1.54) is 23.0 Å². The van der Waals surface area contributed by atoms with E-state index in [0.29, 0.717) is 6.04 Å². The van der Waals surface area contributed by atoms with E-state index in [1.54, 1.807) is 0 Å². The lowest BCUT2D eigenvalue weighted by molar-refractivity contribution is 0.579. The molecule has 1 aliphatic rings. The van der Waals surface area contributed by atoms with Crippen LogP contribution in [0.5, 0.6) is 0 Å². The van der Waals surface area contributed by atoms with Crippen molar-refractivity contribution in [3.05, 3.63) is 29.0 Å². The Kier molecular flexibility index (Phi) is 5.75. The number of aryl methyl sites for hydroxylation is 1. The lowest BCUT2D eigenvalue weighted by Gasteiger charge is -2.14. The third kappa shape index (κ3) is 4.55. The lowest BCUT2D eigenvalue weighted by Crippen LogP contribution is -2.34. The van der Waals surface area contributed by atoms with Crippen LogP contribution in [-0.4, -0.2) is 45.6 Å². The molecule has 6 heteroatoms. The first kappa shape index (κ1) is 15.5. The minimum atomic E-state index is 0.664. The molecule has 3 rings (SSSR count). The summed E-state index contributed by atoms with van der Waals surface area (Å²) in [6.07, 6.45) is 2.09. The van der Waals surface area contributed by atoms with Gasteiger partial charge in [-0.1, -0.05) is 11.6 Å². The predicted molar refractivity (Wildman–Crippen MR) is 95.9 cm³/mol. The van der Waals surface area contributed by atoms with Crippen molar-refractivity contribution in [3.63, 3.8) is 0 Å². The molecule has 0 atom stereocenters. The third-order valence-electron chi connectivity index (χ3n) is 3.53. The van der Waals surface area contributed by atoms with E-state index in [9.17, 15) is 0 Å². The molecule has 2 heterocycles. The first-order chi connectivity index (χ1) is 10.3. The van der Waals surface area contributed by atoms with Crippen molar-refractivity contribution in [1.29, 1.82) is 0 Å². The number of aromatic amines is 1. The summed E-state index contributed by atoms with van der Waals surface area (Å²) in [6, 6.07) is 6.45. The number of imidazole rings is 1. The molecule has 0 radical (unpaired) electrons. The van der Waals surface area contributed by atoms with Gasteiger partial charge in [0.05, 0.1) is 11.0 Å². The van der Waals surface area contributed by atoms with Gasteiger partial charge in [0.25, 0.3) is 0 Å². The van der Waals surface area contributed by atoms with Crippen LogP contribution in [0.15, 0.2) is 18.2 Å². The maximum Gasteiger partial charge on any atom is 0.107 e. The maximum absolute atomic E-state index is 5.99. The molecule has 1 saturated heterocycles. The summed E-state index contributed by atoms with van der Waals surface area (Å²) in [4.78, 5) is 7.96. The average molecular weight is 342 g/mol. The quantitative estimate of drug-likeness (QED) is 0.815. The summed E-state index contributed by atoms with van der Waals surface area (Å²) < 4.78 is 0. The minimum absolute atomic E-state index is 0.664. The topological polar surface area (TPSA) is 40.7 Å². The molecule has 2 N–H and O–H groups in total. The van der Waals surface area contributed by atoms with E-state index in [2.05, 4.69) is 38.8 Å². The second-order valence-electron chi connectivity index (χ2n) is 5.25. The molecule has 0 aliphatic carbocycles. The molecule has 2 aromatic rings. The van der Waals surface area contributed by atoms with Crippen LogP contribution >= 0.6 is 35.1 Å². The van der Waals surface area contributed by atoms with Crippen LogP contribution in [-0.2, 0) is 6.42 Å². The van der Waals surface area contributed by atoms with Crippen molar-refractivity contribution in [3.8, 4) is 0 Å². The van der Waals surface area contributed by atoms with Gasteiger partial charge in [-0.05, 0) is 31.2 Å². The first-order valence-electron chi connectivity index (χ1n) is 7.34. The van der Waals surface area contributed by atoms with Gasteiger partial charge in [0.1, 0.15) is 5.82 Å². The van der Waals surface area contributed by atoms with Crippen molar-refractivity contribution in [2.24, 2.45) is 0 Å². The predicted octanol–water partition coefficient (Wildman–Crippen LogP) is 3.59. The largest absolute Gasteiger partial charge is 0.342 e. The van der Waals surface area contributed by atoms with Gasteiger partial charge < -0.3 is 10.3 Å². The molecule has 0 amide bonds. The van der Waals surface area contributed by atoms with Crippen molar-refractivity contribution in [2.45, 2.75) is 18.9 Å². The Morgan fingerprint density at radius 3 is 2.90 bits per heavy atom. The van der Waals surface area contributed by atoms with E-state index < -0.39 is 0 Å². The van der Waals surface area contributed by atoms with Gasteiger partial charge in [-0.3, -0.25) is 0 Å². The van der Waals surface area contributed by atoms with Crippen molar-refractivity contribution >= 4 is 46.2 Å². The summed E-state index contributed by atoms with van der Waals surface area (Å²) in [7, 11) is 0. The number of nitrogens with one attached hydrogen (secondary N) is 2. The lowest BCUT2D eigenvalue weighted by atomic mass is 10.3. The molecule has 1 fully saturated rings. The van der Waals surface area contributed by atoms with Crippen molar-refractivity contribution < 1.29 is 0 Å². The van der Waals surface area contributed by atoms with E-state index in [4.69, 9.17) is 11.6 Å². The number of hydrogen-bond acceptors (Lipinski definition) is 4. The van der Waals surface area contributed by atoms with Crippen LogP contribution in [0.4, 0.5) is 0 Å². The molecular weight excluding hydrogens is 322 g/mol. The molecule has 0 saturated carbocycles.